The van der Waals surface area contributed by atoms with Gasteiger partial charge in [-0.15, -0.1) is 0 Å². The fourth-order valence-electron chi connectivity index (χ4n) is 3.50. The highest BCUT2D eigenvalue weighted by Crippen LogP contribution is 2.24. The van der Waals surface area contributed by atoms with Gasteiger partial charge < -0.3 is 10.2 Å². The second kappa shape index (κ2) is 8.17. The zero-order valence-corrected chi connectivity index (χ0v) is 15.4. The van der Waals surface area contributed by atoms with E-state index < -0.39 is 0 Å². The lowest BCUT2D eigenvalue weighted by molar-refractivity contribution is -0.117. The molecule has 0 spiro atoms. The highest BCUT2D eigenvalue weighted by molar-refractivity contribution is 5.91. The minimum atomic E-state index is -0.0793. The maximum Gasteiger partial charge on any atom is 0.268 e. The van der Waals surface area contributed by atoms with Gasteiger partial charge in [0, 0.05) is 37.8 Å². The summed E-state index contributed by atoms with van der Waals surface area (Å²) in [6, 6.07) is 9.48. The number of aromatic nitrogens is 2. The molecule has 1 atom stereocenters. The highest BCUT2D eigenvalue weighted by atomic mass is 16.1. The van der Waals surface area contributed by atoms with Crippen LogP contribution in [0.3, 0.4) is 0 Å². The Bertz CT molecular complexity index is 831. The van der Waals surface area contributed by atoms with Crippen LogP contribution in [0.1, 0.15) is 31.7 Å². The molecular weight excluding hydrogens is 328 g/mol. The number of amides is 1. The van der Waals surface area contributed by atoms with Crippen LogP contribution in [-0.4, -0.2) is 28.8 Å². The monoisotopic (exact) mass is 354 g/mol. The van der Waals surface area contributed by atoms with Crippen LogP contribution in [0.5, 0.6) is 0 Å². The summed E-state index contributed by atoms with van der Waals surface area (Å²) in [6.45, 7) is 6.15. The van der Waals surface area contributed by atoms with E-state index in [0.29, 0.717) is 13.0 Å². The standard InChI is InChI=1S/C20H26N4O2/c1-3-24-20(26)12-18(13-21-24)23-9-5-7-16(14-23)11-19(25)22-17-8-4-6-15(2)10-17/h4,6,8,10,12-13,16H,3,5,7,9,11,14H2,1-2H3,(H,22,25). The largest absolute Gasteiger partial charge is 0.370 e. The summed E-state index contributed by atoms with van der Waals surface area (Å²) in [4.78, 5) is 26.6. The van der Waals surface area contributed by atoms with Gasteiger partial charge in [0.05, 0.1) is 11.9 Å². The predicted octanol–water partition coefficient (Wildman–Crippen LogP) is 2.82. The molecule has 1 aliphatic heterocycles. The minimum Gasteiger partial charge on any atom is -0.370 e. The number of nitrogens with zero attached hydrogens (tertiary/aromatic N) is 3. The normalized spacial score (nSPS) is 17.2. The first kappa shape index (κ1) is 18.2. The van der Waals surface area contributed by atoms with Gasteiger partial charge in [0.1, 0.15) is 0 Å². The number of aryl methyl sites for hydroxylation is 2. The molecule has 1 aromatic carbocycles. The summed E-state index contributed by atoms with van der Waals surface area (Å²) in [5, 5.41) is 7.19. The van der Waals surface area contributed by atoms with Crippen molar-refractivity contribution in [3.05, 3.63) is 52.4 Å². The second-order valence-corrected chi connectivity index (χ2v) is 6.94. The number of benzene rings is 1. The predicted molar refractivity (Wildman–Crippen MR) is 104 cm³/mol. The van der Waals surface area contributed by atoms with E-state index in [0.717, 1.165) is 42.9 Å². The first-order valence-electron chi connectivity index (χ1n) is 9.24. The Labute approximate surface area is 153 Å². The molecule has 2 heterocycles. The summed E-state index contributed by atoms with van der Waals surface area (Å²) >= 11 is 0. The van der Waals surface area contributed by atoms with Gasteiger partial charge in [-0.25, -0.2) is 4.68 Å². The van der Waals surface area contributed by atoms with Gasteiger partial charge >= 0.3 is 0 Å². The quantitative estimate of drug-likeness (QED) is 0.897. The first-order chi connectivity index (χ1) is 12.5. The molecule has 138 valence electrons. The van der Waals surface area contributed by atoms with Crippen LogP contribution in [0.25, 0.3) is 0 Å². The molecule has 2 aromatic rings. The smallest absolute Gasteiger partial charge is 0.268 e. The number of carbonyl (C=O) groups is 1. The second-order valence-electron chi connectivity index (χ2n) is 6.94. The Kier molecular flexibility index (Phi) is 5.71. The molecule has 1 saturated heterocycles. The molecular formula is C20H26N4O2. The van der Waals surface area contributed by atoms with E-state index in [9.17, 15) is 9.59 Å². The summed E-state index contributed by atoms with van der Waals surface area (Å²) in [5.41, 5.74) is 2.74. The molecule has 1 aliphatic rings. The lowest BCUT2D eigenvalue weighted by Gasteiger charge is -2.33. The topological polar surface area (TPSA) is 67.2 Å². The lowest BCUT2D eigenvalue weighted by atomic mass is 9.94. The van der Waals surface area contributed by atoms with Gasteiger partial charge in [0.15, 0.2) is 0 Å². The Morgan fingerprint density at radius 2 is 2.19 bits per heavy atom. The third-order valence-electron chi connectivity index (χ3n) is 4.81. The first-order valence-corrected chi connectivity index (χ1v) is 9.24. The van der Waals surface area contributed by atoms with Crippen LogP contribution in [0.2, 0.25) is 0 Å². The van der Waals surface area contributed by atoms with E-state index in [1.165, 1.54) is 4.68 Å². The maximum absolute atomic E-state index is 12.4. The third-order valence-corrected chi connectivity index (χ3v) is 4.81. The molecule has 0 bridgehead atoms. The summed E-state index contributed by atoms with van der Waals surface area (Å²) in [5.74, 6) is 0.323. The summed E-state index contributed by atoms with van der Waals surface area (Å²) in [7, 11) is 0. The average molecular weight is 354 g/mol. The zero-order chi connectivity index (χ0) is 18.5. The van der Waals surface area contributed by atoms with Crippen LogP contribution in [0.4, 0.5) is 11.4 Å². The third kappa shape index (κ3) is 4.50. The molecule has 0 aliphatic carbocycles. The van der Waals surface area contributed by atoms with Crippen LogP contribution in [0, 0.1) is 12.8 Å². The van der Waals surface area contributed by atoms with Gasteiger partial charge in [-0.1, -0.05) is 12.1 Å². The number of nitrogens with one attached hydrogen (secondary N) is 1. The van der Waals surface area contributed by atoms with Crippen molar-refractivity contribution in [2.75, 3.05) is 23.3 Å². The van der Waals surface area contributed by atoms with Gasteiger partial charge in [-0.3, -0.25) is 9.59 Å². The SMILES string of the molecule is CCn1ncc(N2CCCC(CC(=O)Nc3cccc(C)c3)C2)cc1=O. The number of carbonyl (C=O) groups excluding carboxylic acids is 1. The molecule has 0 saturated carbocycles. The molecule has 1 fully saturated rings. The molecule has 6 nitrogen and oxygen atoms in total. The average Bonchev–Trinajstić information content (AvgIpc) is 2.61. The Morgan fingerprint density at radius 3 is 2.92 bits per heavy atom. The van der Waals surface area contributed by atoms with Crippen molar-refractivity contribution in [1.82, 2.24) is 9.78 Å². The van der Waals surface area contributed by atoms with Crippen molar-refractivity contribution < 1.29 is 4.79 Å². The van der Waals surface area contributed by atoms with Crippen molar-refractivity contribution >= 4 is 17.3 Å². The van der Waals surface area contributed by atoms with Crippen LogP contribution in [0.15, 0.2) is 41.3 Å². The lowest BCUT2D eigenvalue weighted by Crippen LogP contribution is -2.38. The Balaban J connectivity index is 1.60. The minimum absolute atomic E-state index is 0.0435. The van der Waals surface area contributed by atoms with Crippen molar-refractivity contribution in [1.29, 1.82) is 0 Å². The highest BCUT2D eigenvalue weighted by Gasteiger charge is 2.23. The molecule has 0 radical (unpaired) electrons. The number of hydrogen-bond acceptors (Lipinski definition) is 4. The van der Waals surface area contributed by atoms with Gasteiger partial charge in [-0.2, -0.15) is 5.10 Å². The Hall–Kier alpha value is -2.63. The van der Waals surface area contributed by atoms with Gasteiger partial charge in [0.2, 0.25) is 5.91 Å². The molecule has 6 heteroatoms. The molecule has 1 unspecified atom stereocenters. The number of anilines is 2. The van der Waals surface area contributed by atoms with E-state index >= 15 is 0 Å². The van der Waals surface area contributed by atoms with Crippen molar-refractivity contribution in [2.45, 2.75) is 39.7 Å². The van der Waals surface area contributed by atoms with Crippen LogP contribution < -0.4 is 15.8 Å². The summed E-state index contributed by atoms with van der Waals surface area (Å²) < 4.78 is 1.44. The van der Waals surface area contributed by atoms with E-state index in [1.807, 2.05) is 38.1 Å². The Morgan fingerprint density at radius 1 is 1.35 bits per heavy atom. The van der Waals surface area contributed by atoms with Gasteiger partial charge in [0.25, 0.3) is 5.56 Å². The van der Waals surface area contributed by atoms with Crippen LogP contribution >= 0.6 is 0 Å². The van der Waals surface area contributed by atoms with E-state index in [-0.39, 0.29) is 17.4 Å². The number of hydrogen-bond donors (Lipinski definition) is 1. The van der Waals surface area contributed by atoms with Crippen molar-refractivity contribution in [3.63, 3.8) is 0 Å². The van der Waals surface area contributed by atoms with Crippen molar-refractivity contribution in [3.8, 4) is 0 Å². The zero-order valence-electron chi connectivity index (χ0n) is 15.4. The molecule has 3 rings (SSSR count). The maximum atomic E-state index is 12.4. The number of rotatable bonds is 5. The fourth-order valence-corrected chi connectivity index (χ4v) is 3.50. The molecule has 1 amide bonds. The van der Waals surface area contributed by atoms with Crippen molar-refractivity contribution in [2.24, 2.45) is 5.92 Å². The molecule has 1 aromatic heterocycles. The van der Waals surface area contributed by atoms with E-state index in [2.05, 4.69) is 15.3 Å². The number of piperidine rings is 1. The molecule has 1 N–H and O–H groups in total. The van der Waals surface area contributed by atoms with E-state index in [4.69, 9.17) is 0 Å². The summed E-state index contributed by atoms with van der Waals surface area (Å²) in [6.07, 6.45) is 4.28. The molecule has 26 heavy (non-hydrogen) atoms. The fraction of sp³-hybridized carbons (Fsp3) is 0.450. The van der Waals surface area contributed by atoms with Gasteiger partial charge in [-0.05, 0) is 50.3 Å². The van der Waals surface area contributed by atoms with E-state index in [1.54, 1.807) is 12.3 Å². The van der Waals surface area contributed by atoms with Crippen LogP contribution in [-0.2, 0) is 11.3 Å².